The number of aromatic nitrogens is 3. The Labute approximate surface area is 227 Å². The average molecular weight is 539 g/mol. The smallest absolute Gasteiger partial charge is 0.291 e. The number of nitrogens with one attached hydrogen (secondary N) is 1. The Kier molecular flexibility index (Phi) is 7.02. The Morgan fingerprint density at radius 3 is 2.51 bits per heavy atom. The summed E-state index contributed by atoms with van der Waals surface area (Å²) in [5, 5.41) is 18.4. The van der Waals surface area contributed by atoms with Gasteiger partial charge in [-0.2, -0.15) is 9.61 Å². The highest BCUT2D eigenvalue weighted by atomic mass is 16.3. The van der Waals surface area contributed by atoms with Gasteiger partial charge < -0.3 is 20.2 Å². The number of carbonyl (C=O) groups excluding carboxylic acids is 3. The van der Waals surface area contributed by atoms with Crippen LogP contribution in [0.1, 0.15) is 80.9 Å². The third-order valence-electron chi connectivity index (χ3n) is 8.17. The summed E-state index contributed by atoms with van der Waals surface area (Å²) in [4.78, 5) is 55.5. The fourth-order valence-electron chi connectivity index (χ4n) is 6.11. The summed E-state index contributed by atoms with van der Waals surface area (Å²) >= 11 is 0. The second-order valence-electron chi connectivity index (χ2n) is 11.7. The fourth-order valence-corrected chi connectivity index (χ4v) is 6.11. The van der Waals surface area contributed by atoms with E-state index in [-0.39, 0.29) is 34.9 Å². The van der Waals surface area contributed by atoms with Crippen molar-refractivity contribution in [3.63, 3.8) is 0 Å². The number of hydrogen-bond donors (Lipinski definition) is 2. The number of rotatable bonds is 6. The SMILES string of the molecule is CC(=O)N1CCCC2(CCCN2C(=O)C=Cc2c(C)nn3c(=O)c(C(=O)NC4CC4)c(O)n(CC(C)C)c23)C1. The van der Waals surface area contributed by atoms with E-state index in [0.717, 1.165) is 43.0 Å². The molecule has 39 heavy (non-hydrogen) atoms. The lowest BCUT2D eigenvalue weighted by atomic mass is 9.86. The number of aryl methyl sites for hydroxylation is 1. The lowest BCUT2D eigenvalue weighted by molar-refractivity contribution is -0.139. The minimum absolute atomic E-state index is 0.0231. The van der Waals surface area contributed by atoms with Crippen molar-refractivity contribution in [2.45, 2.75) is 84.3 Å². The topological polar surface area (TPSA) is 129 Å². The van der Waals surface area contributed by atoms with E-state index < -0.39 is 17.3 Å². The Hall–Kier alpha value is -3.63. The lowest BCUT2D eigenvalue weighted by Crippen LogP contribution is -2.57. The van der Waals surface area contributed by atoms with Crippen molar-refractivity contribution in [3.8, 4) is 5.88 Å². The molecule has 11 heteroatoms. The number of nitrogens with zero attached hydrogens (tertiary/aromatic N) is 5. The molecule has 1 unspecified atom stereocenters. The zero-order valence-electron chi connectivity index (χ0n) is 23.2. The molecule has 2 N–H and O–H groups in total. The van der Waals surface area contributed by atoms with Crippen LogP contribution in [0.3, 0.4) is 0 Å². The van der Waals surface area contributed by atoms with Gasteiger partial charge in [-0.3, -0.25) is 23.7 Å². The second kappa shape index (κ2) is 10.2. The molecule has 210 valence electrons. The quantitative estimate of drug-likeness (QED) is 0.542. The number of fused-ring (bicyclic) bond motifs is 1. The van der Waals surface area contributed by atoms with Crippen LogP contribution >= 0.6 is 0 Å². The van der Waals surface area contributed by atoms with Gasteiger partial charge in [0.05, 0.1) is 11.2 Å². The second-order valence-corrected chi connectivity index (χ2v) is 11.7. The number of amides is 3. The highest BCUT2D eigenvalue weighted by molar-refractivity contribution is 5.97. The van der Waals surface area contributed by atoms with Crippen molar-refractivity contribution in [3.05, 3.63) is 33.3 Å². The van der Waals surface area contributed by atoms with Crippen molar-refractivity contribution in [1.29, 1.82) is 0 Å². The van der Waals surface area contributed by atoms with Crippen molar-refractivity contribution in [1.82, 2.24) is 29.3 Å². The first kappa shape index (κ1) is 27.0. The summed E-state index contributed by atoms with van der Waals surface area (Å²) < 4.78 is 2.70. The molecule has 2 saturated heterocycles. The maximum Gasteiger partial charge on any atom is 0.291 e. The van der Waals surface area contributed by atoms with Crippen LogP contribution in [0.25, 0.3) is 11.7 Å². The van der Waals surface area contributed by atoms with Gasteiger partial charge in [0.25, 0.3) is 11.5 Å². The predicted molar refractivity (Wildman–Crippen MR) is 145 cm³/mol. The zero-order valence-corrected chi connectivity index (χ0v) is 23.2. The van der Waals surface area contributed by atoms with E-state index in [1.54, 1.807) is 24.5 Å². The van der Waals surface area contributed by atoms with Crippen molar-refractivity contribution in [2.24, 2.45) is 5.92 Å². The van der Waals surface area contributed by atoms with E-state index in [2.05, 4.69) is 10.4 Å². The Bertz CT molecular complexity index is 1420. The average Bonchev–Trinajstić information content (AvgIpc) is 3.50. The van der Waals surface area contributed by atoms with Gasteiger partial charge in [0, 0.05) is 50.8 Å². The first-order chi connectivity index (χ1) is 18.5. The predicted octanol–water partition coefficient (Wildman–Crippen LogP) is 2.07. The fraction of sp³-hybridized carbons (Fsp3) is 0.607. The summed E-state index contributed by atoms with van der Waals surface area (Å²) in [6.45, 7) is 9.49. The van der Waals surface area contributed by atoms with E-state index in [0.29, 0.717) is 43.1 Å². The summed E-state index contributed by atoms with van der Waals surface area (Å²) in [6.07, 6.45) is 8.31. The van der Waals surface area contributed by atoms with Crippen LogP contribution in [0.2, 0.25) is 0 Å². The van der Waals surface area contributed by atoms with Crippen LogP contribution in [-0.4, -0.2) is 78.0 Å². The third kappa shape index (κ3) is 4.94. The molecule has 2 aromatic heterocycles. The maximum atomic E-state index is 13.5. The van der Waals surface area contributed by atoms with Crippen molar-refractivity contribution >= 4 is 29.4 Å². The molecule has 2 aromatic rings. The Balaban J connectivity index is 1.52. The van der Waals surface area contributed by atoms with Gasteiger partial charge in [-0.1, -0.05) is 13.8 Å². The Morgan fingerprint density at radius 2 is 1.87 bits per heavy atom. The van der Waals surface area contributed by atoms with E-state index in [1.807, 2.05) is 23.6 Å². The molecule has 3 aliphatic rings. The number of likely N-dealkylation sites (tertiary alicyclic amines) is 2. The van der Waals surface area contributed by atoms with Crippen molar-refractivity contribution < 1.29 is 19.5 Å². The minimum Gasteiger partial charge on any atom is -0.494 e. The van der Waals surface area contributed by atoms with Crippen molar-refractivity contribution in [2.75, 3.05) is 19.6 Å². The minimum atomic E-state index is -0.695. The van der Waals surface area contributed by atoms with E-state index in [9.17, 15) is 24.3 Å². The molecule has 1 saturated carbocycles. The third-order valence-corrected chi connectivity index (χ3v) is 8.17. The van der Waals surface area contributed by atoms with Crippen LogP contribution in [-0.2, 0) is 16.1 Å². The first-order valence-electron chi connectivity index (χ1n) is 13.9. The monoisotopic (exact) mass is 538 g/mol. The molecule has 1 atom stereocenters. The van der Waals surface area contributed by atoms with Gasteiger partial charge in [0.15, 0.2) is 5.56 Å². The highest BCUT2D eigenvalue weighted by Gasteiger charge is 2.46. The van der Waals surface area contributed by atoms with E-state index >= 15 is 0 Å². The van der Waals surface area contributed by atoms with Crippen LogP contribution in [0.5, 0.6) is 5.88 Å². The number of piperidine rings is 1. The molecule has 4 heterocycles. The molecule has 0 radical (unpaired) electrons. The molecular formula is C28H38N6O5. The standard InChI is InChI=1S/C28H38N6O5/c1-17(2)15-32-25-21(18(3)30-34(25)27(39)23(26(32)38)24(37)29-20-7-8-20)9-10-22(36)33-14-6-12-28(33)11-5-13-31(16-28)19(4)35/h9-10,17,20,38H,5-8,11-16H2,1-4H3,(H,29,37). The molecule has 1 spiro atoms. The molecule has 0 bridgehead atoms. The van der Waals surface area contributed by atoms with Gasteiger partial charge in [0.1, 0.15) is 5.65 Å². The normalized spacial score (nSPS) is 21.6. The summed E-state index contributed by atoms with van der Waals surface area (Å²) in [7, 11) is 0. The van der Waals surface area contributed by atoms with Crippen LogP contribution in [0.15, 0.2) is 10.9 Å². The largest absolute Gasteiger partial charge is 0.494 e. The molecular weight excluding hydrogens is 500 g/mol. The van der Waals surface area contributed by atoms with Crippen LogP contribution < -0.4 is 10.9 Å². The highest BCUT2D eigenvalue weighted by Crippen LogP contribution is 2.37. The van der Waals surface area contributed by atoms with Crippen LogP contribution in [0.4, 0.5) is 0 Å². The number of hydrogen-bond acceptors (Lipinski definition) is 6. The van der Waals surface area contributed by atoms with Gasteiger partial charge >= 0.3 is 0 Å². The molecule has 5 rings (SSSR count). The molecule has 1 aliphatic carbocycles. The van der Waals surface area contributed by atoms with E-state index in [1.165, 1.54) is 6.08 Å². The zero-order chi connectivity index (χ0) is 28.1. The van der Waals surface area contributed by atoms with Gasteiger partial charge in [-0.15, -0.1) is 0 Å². The summed E-state index contributed by atoms with van der Waals surface area (Å²) in [5.41, 5.74) is 0.00300. The van der Waals surface area contributed by atoms with E-state index in [4.69, 9.17) is 0 Å². The summed E-state index contributed by atoms with van der Waals surface area (Å²) in [5.74, 6) is -1.04. The van der Waals surface area contributed by atoms with Gasteiger partial charge in [0.2, 0.25) is 17.7 Å². The van der Waals surface area contributed by atoms with Crippen LogP contribution in [0, 0.1) is 12.8 Å². The molecule has 3 amide bonds. The molecule has 0 aromatic carbocycles. The Morgan fingerprint density at radius 1 is 1.18 bits per heavy atom. The number of aromatic hydroxyl groups is 1. The van der Waals surface area contributed by atoms with Gasteiger partial charge in [-0.05, 0) is 57.4 Å². The molecule has 3 fully saturated rings. The number of carbonyl (C=O) groups is 3. The maximum absolute atomic E-state index is 13.5. The summed E-state index contributed by atoms with van der Waals surface area (Å²) in [6, 6.07) is 0.0231. The van der Waals surface area contributed by atoms with Gasteiger partial charge in [-0.25, -0.2) is 0 Å². The first-order valence-corrected chi connectivity index (χ1v) is 13.9. The lowest BCUT2D eigenvalue weighted by Gasteiger charge is -2.45. The molecule has 2 aliphatic heterocycles. The molecule has 11 nitrogen and oxygen atoms in total.